The first kappa shape index (κ1) is 13.7. The fourth-order valence-corrected chi connectivity index (χ4v) is 1.82. The highest BCUT2D eigenvalue weighted by atomic mass is 16.2. The molecule has 1 aliphatic carbocycles. The molecule has 7 heteroatoms. The monoisotopic (exact) mass is 264 g/mol. The molecule has 0 unspecified atom stereocenters. The lowest BCUT2D eigenvalue weighted by molar-refractivity contribution is -0.122. The van der Waals surface area contributed by atoms with Crippen LogP contribution in [0, 0.1) is 6.92 Å². The van der Waals surface area contributed by atoms with Gasteiger partial charge in [0.25, 0.3) is 0 Å². The second-order valence-corrected chi connectivity index (χ2v) is 4.97. The Morgan fingerprint density at radius 2 is 2.26 bits per heavy atom. The number of nitrogens with two attached hydrogens (primary N) is 1. The van der Waals surface area contributed by atoms with Gasteiger partial charge in [0.2, 0.25) is 5.91 Å². The van der Waals surface area contributed by atoms with E-state index < -0.39 is 0 Å². The Hall–Kier alpha value is -1.73. The van der Waals surface area contributed by atoms with Crippen molar-refractivity contribution < 1.29 is 4.79 Å². The number of nitrogens with zero attached hydrogens (tertiary/aromatic N) is 3. The molecule has 0 saturated heterocycles. The average molecular weight is 264 g/mol. The predicted octanol–water partition coefficient (Wildman–Crippen LogP) is -0.219. The number of carbonyl (C=O) groups excluding carboxylic acids is 1. The second kappa shape index (κ2) is 5.94. The molecular weight excluding hydrogens is 244 g/mol. The molecule has 0 radical (unpaired) electrons. The van der Waals surface area contributed by atoms with Crippen LogP contribution in [-0.2, 0) is 11.3 Å². The maximum absolute atomic E-state index is 11.7. The van der Waals surface area contributed by atoms with Crippen molar-refractivity contribution in [1.82, 2.24) is 20.2 Å². The van der Waals surface area contributed by atoms with Crippen molar-refractivity contribution in [1.29, 1.82) is 0 Å². The lowest BCUT2D eigenvalue weighted by atomic mass is 10.4. The van der Waals surface area contributed by atoms with Crippen LogP contribution in [0.4, 0.5) is 5.82 Å². The summed E-state index contributed by atoms with van der Waals surface area (Å²) < 4.78 is 0. The highest BCUT2D eigenvalue weighted by molar-refractivity contribution is 5.78. The normalized spacial score (nSPS) is 14.5. The van der Waals surface area contributed by atoms with E-state index in [1.54, 1.807) is 6.07 Å². The summed E-state index contributed by atoms with van der Waals surface area (Å²) in [6.07, 6.45) is 2.20. The van der Waals surface area contributed by atoms with Gasteiger partial charge in [-0.15, -0.1) is 0 Å². The van der Waals surface area contributed by atoms with Gasteiger partial charge in [0.1, 0.15) is 11.6 Å². The molecule has 104 valence electrons. The molecule has 1 aromatic heterocycles. The van der Waals surface area contributed by atoms with E-state index in [2.05, 4.69) is 20.7 Å². The molecule has 0 bridgehead atoms. The van der Waals surface area contributed by atoms with Crippen molar-refractivity contribution in [3.05, 3.63) is 17.6 Å². The molecule has 1 heterocycles. The van der Waals surface area contributed by atoms with Crippen LogP contribution in [0.5, 0.6) is 0 Å². The third kappa shape index (κ3) is 4.46. The van der Waals surface area contributed by atoms with Crippen LogP contribution in [-0.4, -0.2) is 40.4 Å². The third-order valence-corrected chi connectivity index (χ3v) is 2.82. The van der Waals surface area contributed by atoms with Gasteiger partial charge in [-0.25, -0.2) is 15.8 Å². The number of hydrogen-bond donors (Lipinski definition) is 3. The zero-order valence-electron chi connectivity index (χ0n) is 11.3. The van der Waals surface area contributed by atoms with Crippen LogP contribution in [0.25, 0.3) is 0 Å². The number of nitrogens with one attached hydrogen (secondary N) is 2. The lowest BCUT2D eigenvalue weighted by Crippen LogP contribution is -2.36. The molecule has 0 aliphatic heterocycles. The van der Waals surface area contributed by atoms with E-state index in [1.165, 1.54) is 0 Å². The minimum Gasteiger partial charge on any atom is -0.352 e. The quantitative estimate of drug-likeness (QED) is 0.485. The minimum atomic E-state index is 0.0508. The highest BCUT2D eigenvalue weighted by Gasteiger charge is 2.23. The van der Waals surface area contributed by atoms with E-state index in [4.69, 9.17) is 5.84 Å². The van der Waals surface area contributed by atoms with E-state index in [0.29, 0.717) is 30.8 Å². The largest absolute Gasteiger partial charge is 0.352 e. The topological polar surface area (TPSA) is 96.2 Å². The number of hydrazine groups is 1. The van der Waals surface area contributed by atoms with Crippen LogP contribution in [0.2, 0.25) is 0 Å². The van der Waals surface area contributed by atoms with E-state index >= 15 is 0 Å². The average Bonchev–Trinajstić information content (AvgIpc) is 3.11. The number of anilines is 1. The second-order valence-electron chi connectivity index (χ2n) is 4.97. The maximum Gasteiger partial charge on any atom is 0.234 e. The Morgan fingerprint density at radius 3 is 2.89 bits per heavy atom. The smallest absolute Gasteiger partial charge is 0.234 e. The maximum atomic E-state index is 11.7. The van der Waals surface area contributed by atoms with Crippen LogP contribution < -0.4 is 16.6 Å². The number of amides is 1. The molecular formula is C12H20N6O. The number of aryl methyl sites for hydroxylation is 1. The van der Waals surface area contributed by atoms with Gasteiger partial charge in [-0.05, 0) is 26.8 Å². The first-order valence-corrected chi connectivity index (χ1v) is 6.36. The van der Waals surface area contributed by atoms with Crippen LogP contribution in [0.3, 0.4) is 0 Å². The summed E-state index contributed by atoms with van der Waals surface area (Å²) in [7, 11) is 1.87. The van der Waals surface area contributed by atoms with E-state index in [0.717, 1.165) is 18.5 Å². The first-order valence-electron chi connectivity index (χ1n) is 6.36. The van der Waals surface area contributed by atoms with Gasteiger partial charge in [0.05, 0.1) is 13.1 Å². The van der Waals surface area contributed by atoms with Gasteiger partial charge in [0, 0.05) is 17.8 Å². The van der Waals surface area contributed by atoms with Gasteiger partial charge in [-0.1, -0.05) is 0 Å². The fourth-order valence-electron chi connectivity index (χ4n) is 1.82. The molecule has 0 aromatic carbocycles. The molecule has 7 nitrogen and oxygen atoms in total. The summed E-state index contributed by atoms with van der Waals surface area (Å²) >= 11 is 0. The van der Waals surface area contributed by atoms with E-state index in [1.807, 2.05) is 18.9 Å². The molecule has 1 aromatic rings. The van der Waals surface area contributed by atoms with Gasteiger partial charge in [0.15, 0.2) is 0 Å². The molecule has 19 heavy (non-hydrogen) atoms. The Morgan fingerprint density at radius 1 is 1.53 bits per heavy atom. The van der Waals surface area contributed by atoms with Gasteiger partial charge < -0.3 is 10.7 Å². The zero-order chi connectivity index (χ0) is 13.8. The van der Waals surface area contributed by atoms with Crippen molar-refractivity contribution >= 4 is 11.7 Å². The summed E-state index contributed by atoms with van der Waals surface area (Å²) in [6.45, 7) is 2.74. The Kier molecular flexibility index (Phi) is 4.28. The Labute approximate surface area is 112 Å². The van der Waals surface area contributed by atoms with Gasteiger partial charge in [-0.3, -0.25) is 9.69 Å². The number of nitrogen functional groups attached to an aromatic ring is 1. The minimum absolute atomic E-state index is 0.0508. The number of hydrogen-bond acceptors (Lipinski definition) is 6. The highest BCUT2D eigenvalue weighted by Crippen LogP contribution is 2.18. The molecule has 0 spiro atoms. The molecule has 1 aliphatic rings. The number of likely N-dealkylation sites (N-methyl/N-ethyl adjacent to an activating group) is 1. The van der Waals surface area contributed by atoms with E-state index in [-0.39, 0.29) is 5.91 Å². The molecule has 1 fully saturated rings. The van der Waals surface area contributed by atoms with Crippen molar-refractivity contribution in [2.75, 3.05) is 19.0 Å². The fraction of sp³-hybridized carbons (Fsp3) is 0.583. The van der Waals surface area contributed by atoms with Crippen molar-refractivity contribution in [3.8, 4) is 0 Å². The van der Waals surface area contributed by atoms with Crippen molar-refractivity contribution in [2.45, 2.75) is 32.4 Å². The number of aromatic nitrogens is 2. The predicted molar refractivity (Wildman–Crippen MR) is 72.1 cm³/mol. The van der Waals surface area contributed by atoms with Gasteiger partial charge >= 0.3 is 0 Å². The van der Waals surface area contributed by atoms with Gasteiger partial charge in [-0.2, -0.15) is 0 Å². The molecule has 0 atom stereocenters. The Bertz CT molecular complexity index is 460. The summed E-state index contributed by atoms with van der Waals surface area (Å²) in [5.41, 5.74) is 3.35. The van der Waals surface area contributed by atoms with Crippen LogP contribution in [0.1, 0.15) is 24.4 Å². The standard InChI is InChI=1S/C12H20N6O/c1-8-5-10(17-13)16-11(14-8)6-18(2)7-12(19)15-9-3-4-9/h5,9H,3-4,6-7,13H2,1-2H3,(H,15,19)(H,14,16,17). The van der Waals surface area contributed by atoms with Crippen molar-refractivity contribution in [2.24, 2.45) is 5.84 Å². The number of rotatable bonds is 6. The van der Waals surface area contributed by atoms with Crippen LogP contribution >= 0.6 is 0 Å². The van der Waals surface area contributed by atoms with Crippen LogP contribution in [0.15, 0.2) is 6.07 Å². The van der Waals surface area contributed by atoms with E-state index in [9.17, 15) is 4.79 Å². The summed E-state index contributed by atoms with van der Waals surface area (Å²) in [5, 5.41) is 2.95. The van der Waals surface area contributed by atoms with Crippen molar-refractivity contribution in [3.63, 3.8) is 0 Å². The molecule has 1 amide bonds. The number of carbonyl (C=O) groups is 1. The summed E-state index contributed by atoms with van der Waals surface area (Å²) in [5.74, 6) is 6.62. The lowest BCUT2D eigenvalue weighted by Gasteiger charge is -2.15. The summed E-state index contributed by atoms with van der Waals surface area (Å²) in [6, 6.07) is 2.16. The summed E-state index contributed by atoms with van der Waals surface area (Å²) in [4.78, 5) is 22.1. The molecule has 4 N–H and O–H groups in total. The third-order valence-electron chi connectivity index (χ3n) is 2.82. The molecule has 1 saturated carbocycles. The first-order chi connectivity index (χ1) is 9.06. The SMILES string of the molecule is Cc1cc(NN)nc(CN(C)CC(=O)NC2CC2)n1. The zero-order valence-corrected chi connectivity index (χ0v) is 11.3. The molecule has 2 rings (SSSR count). The Balaban J connectivity index is 1.88.